The van der Waals surface area contributed by atoms with Crippen LogP contribution in [0.4, 0.5) is 0 Å². The van der Waals surface area contributed by atoms with E-state index < -0.39 is 17.7 Å². The molecule has 0 N–H and O–H groups in total. The molecule has 0 aromatic heterocycles. The quantitative estimate of drug-likeness (QED) is 0.445. The van der Waals surface area contributed by atoms with Gasteiger partial charge < -0.3 is 9.47 Å². The lowest BCUT2D eigenvalue weighted by molar-refractivity contribution is -0.142. The number of esters is 2. The van der Waals surface area contributed by atoms with E-state index in [1.807, 2.05) is 0 Å². The number of methoxy groups -OCH3 is 1. The summed E-state index contributed by atoms with van der Waals surface area (Å²) in [7, 11) is 1.13. The van der Waals surface area contributed by atoms with E-state index in [2.05, 4.69) is 4.74 Å². The molecule has 0 aliphatic carbocycles. The van der Waals surface area contributed by atoms with Gasteiger partial charge in [-0.25, -0.2) is 4.79 Å². The monoisotopic (exact) mass is 236 g/mol. The molecule has 0 radical (unpaired) electrons. The molecular weight excluding hydrogens is 224 g/mol. The Morgan fingerprint density at radius 1 is 1.18 bits per heavy atom. The minimum atomic E-state index is -0.944. The van der Waals surface area contributed by atoms with E-state index in [1.165, 1.54) is 13.0 Å². The van der Waals surface area contributed by atoms with Gasteiger partial charge in [0.2, 0.25) is 0 Å². The molecule has 0 saturated carbocycles. The third-order valence-corrected chi connectivity index (χ3v) is 2.06. The van der Waals surface area contributed by atoms with Crippen molar-refractivity contribution in [1.82, 2.24) is 0 Å². The number of ether oxygens (including phenoxy) is 2. The lowest BCUT2D eigenvalue weighted by atomic mass is 10.0. The first-order valence-corrected chi connectivity index (χ1v) is 4.90. The number of hydrogen-bond acceptors (Lipinski definition) is 5. The van der Waals surface area contributed by atoms with Crippen molar-refractivity contribution < 1.29 is 23.9 Å². The van der Waals surface area contributed by atoms with Crippen molar-refractivity contribution in [2.45, 2.75) is 13.5 Å². The van der Waals surface area contributed by atoms with Crippen LogP contribution in [0.3, 0.4) is 0 Å². The van der Waals surface area contributed by atoms with Gasteiger partial charge in [-0.3, -0.25) is 9.59 Å². The Balaban J connectivity index is 2.95. The molecule has 5 nitrogen and oxygen atoms in total. The van der Waals surface area contributed by atoms with Crippen molar-refractivity contribution in [1.29, 1.82) is 0 Å². The van der Waals surface area contributed by atoms with E-state index in [0.717, 1.165) is 7.11 Å². The molecule has 1 aromatic carbocycles. The van der Waals surface area contributed by atoms with Gasteiger partial charge in [0.15, 0.2) is 0 Å². The lowest BCUT2D eigenvalue weighted by Gasteiger charge is -2.07. The SMILES string of the molecule is COC(=O)C(=O)c1ccccc1COC(C)=O. The Morgan fingerprint density at radius 3 is 2.41 bits per heavy atom. The summed E-state index contributed by atoms with van der Waals surface area (Å²) in [6, 6.07) is 6.40. The van der Waals surface area contributed by atoms with E-state index in [-0.39, 0.29) is 12.2 Å². The van der Waals surface area contributed by atoms with Crippen molar-refractivity contribution in [3.8, 4) is 0 Å². The van der Waals surface area contributed by atoms with Crippen LogP contribution in [0.15, 0.2) is 24.3 Å². The summed E-state index contributed by atoms with van der Waals surface area (Å²) in [5, 5.41) is 0. The van der Waals surface area contributed by atoms with Crippen LogP contribution >= 0.6 is 0 Å². The molecule has 0 atom stereocenters. The second-order valence-corrected chi connectivity index (χ2v) is 3.26. The van der Waals surface area contributed by atoms with Gasteiger partial charge in [-0.2, -0.15) is 0 Å². The molecule has 0 heterocycles. The molecule has 17 heavy (non-hydrogen) atoms. The third kappa shape index (κ3) is 3.41. The zero-order valence-corrected chi connectivity index (χ0v) is 9.56. The van der Waals surface area contributed by atoms with Crippen LogP contribution in [0.1, 0.15) is 22.8 Å². The Morgan fingerprint density at radius 2 is 1.82 bits per heavy atom. The van der Waals surface area contributed by atoms with Crippen molar-refractivity contribution in [3.05, 3.63) is 35.4 Å². The topological polar surface area (TPSA) is 69.7 Å². The first-order chi connectivity index (χ1) is 8.06. The first kappa shape index (κ1) is 12.9. The summed E-state index contributed by atoms with van der Waals surface area (Å²) in [5.41, 5.74) is 0.652. The van der Waals surface area contributed by atoms with Gasteiger partial charge in [0.05, 0.1) is 7.11 Å². The Hall–Kier alpha value is -2.17. The van der Waals surface area contributed by atoms with E-state index in [9.17, 15) is 14.4 Å². The average Bonchev–Trinajstić information content (AvgIpc) is 2.34. The second kappa shape index (κ2) is 5.79. The molecule has 0 spiro atoms. The van der Waals surface area contributed by atoms with E-state index in [0.29, 0.717) is 5.56 Å². The lowest BCUT2D eigenvalue weighted by Crippen LogP contribution is -2.18. The number of Topliss-reactive ketones (excluding diaryl/α,β-unsaturated/α-hetero) is 1. The predicted octanol–water partition coefficient (Wildman–Crippen LogP) is 1.11. The smallest absolute Gasteiger partial charge is 0.379 e. The van der Waals surface area contributed by atoms with Crippen molar-refractivity contribution in [3.63, 3.8) is 0 Å². The minimum absolute atomic E-state index is 0.0474. The van der Waals surface area contributed by atoms with Crippen LogP contribution in [0, 0.1) is 0 Å². The van der Waals surface area contributed by atoms with Crippen molar-refractivity contribution in [2.24, 2.45) is 0 Å². The Labute approximate surface area is 98.3 Å². The number of hydrogen-bond donors (Lipinski definition) is 0. The highest BCUT2D eigenvalue weighted by Crippen LogP contribution is 2.11. The van der Waals surface area contributed by atoms with Gasteiger partial charge in [-0.15, -0.1) is 0 Å². The molecule has 0 bridgehead atoms. The number of carbonyl (C=O) groups is 3. The van der Waals surface area contributed by atoms with Gasteiger partial charge >= 0.3 is 11.9 Å². The first-order valence-electron chi connectivity index (χ1n) is 4.90. The molecule has 0 saturated heterocycles. The maximum Gasteiger partial charge on any atom is 0.379 e. The number of carbonyl (C=O) groups excluding carboxylic acids is 3. The summed E-state index contributed by atoms with van der Waals surface area (Å²) < 4.78 is 9.14. The maximum absolute atomic E-state index is 11.6. The molecule has 1 aromatic rings. The second-order valence-electron chi connectivity index (χ2n) is 3.26. The zero-order chi connectivity index (χ0) is 12.8. The predicted molar refractivity (Wildman–Crippen MR) is 58.3 cm³/mol. The highest BCUT2D eigenvalue weighted by molar-refractivity contribution is 6.40. The van der Waals surface area contributed by atoms with E-state index in [4.69, 9.17) is 4.74 Å². The van der Waals surface area contributed by atoms with E-state index in [1.54, 1.807) is 18.2 Å². The third-order valence-electron chi connectivity index (χ3n) is 2.06. The van der Waals surface area contributed by atoms with Crippen LogP contribution in [0.5, 0.6) is 0 Å². The Kier molecular flexibility index (Phi) is 4.39. The van der Waals surface area contributed by atoms with Gasteiger partial charge in [0.25, 0.3) is 5.78 Å². The summed E-state index contributed by atoms with van der Waals surface area (Å²) in [6.45, 7) is 1.22. The molecule has 0 unspecified atom stereocenters. The van der Waals surface area contributed by atoms with Crippen LogP contribution in [0.2, 0.25) is 0 Å². The molecule has 5 heteroatoms. The van der Waals surface area contributed by atoms with Crippen LogP contribution < -0.4 is 0 Å². The normalized spacial score (nSPS) is 9.53. The van der Waals surface area contributed by atoms with Crippen LogP contribution in [-0.2, 0) is 25.7 Å². The molecule has 0 fully saturated rings. The molecular formula is C12H12O5. The Bertz CT molecular complexity index is 450. The molecule has 0 aliphatic heterocycles. The zero-order valence-electron chi connectivity index (χ0n) is 9.56. The largest absolute Gasteiger partial charge is 0.463 e. The fourth-order valence-electron chi connectivity index (χ4n) is 1.25. The van der Waals surface area contributed by atoms with Gasteiger partial charge in [-0.05, 0) is 0 Å². The summed E-state index contributed by atoms with van der Waals surface area (Å²) >= 11 is 0. The summed E-state index contributed by atoms with van der Waals surface area (Å²) in [4.78, 5) is 33.4. The molecule has 90 valence electrons. The van der Waals surface area contributed by atoms with E-state index >= 15 is 0 Å². The average molecular weight is 236 g/mol. The fraction of sp³-hybridized carbons (Fsp3) is 0.250. The van der Waals surface area contributed by atoms with Crippen molar-refractivity contribution in [2.75, 3.05) is 7.11 Å². The highest BCUT2D eigenvalue weighted by Gasteiger charge is 2.19. The maximum atomic E-state index is 11.6. The van der Waals surface area contributed by atoms with Crippen molar-refractivity contribution >= 4 is 17.7 Å². The summed E-state index contributed by atoms with van der Waals surface area (Å²) in [5.74, 6) is -2.15. The molecule has 0 aliphatic rings. The van der Waals surface area contributed by atoms with Gasteiger partial charge in [-0.1, -0.05) is 24.3 Å². The summed E-state index contributed by atoms with van der Waals surface area (Å²) in [6.07, 6.45) is 0. The van der Waals surface area contributed by atoms with Gasteiger partial charge in [0.1, 0.15) is 6.61 Å². The van der Waals surface area contributed by atoms with Crippen LogP contribution in [-0.4, -0.2) is 24.8 Å². The van der Waals surface area contributed by atoms with Gasteiger partial charge in [0, 0.05) is 18.1 Å². The molecule has 1 rings (SSSR count). The standard InChI is InChI=1S/C12H12O5/c1-8(13)17-7-9-5-3-4-6-10(9)11(14)12(15)16-2/h3-6H,7H2,1-2H3. The number of ketones is 1. The van der Waals surface area contributed by atoms with Crippen LogP contribution in [0.25, 0.3) is 0 Å². The number of rotatable bonds is 4. The fourth-order valence-corrected chi connectivity index (χ4v) is 1.25. The molecule has 0 amide bonds. The number of benzene rings is 1. The highest BCUT2D eigenvalue weighted by atomic mass is 16.5. The minimum Gasteiger partial charge on any atom is -0.463 e.